The Morgan fingerprint density at radius 1 is 1.43 bits per heavy atom. The number of hydrogen-bond acceptors (Lipinski definition) is 4. The van der Waals surface area contributed by atoms with Gasteiger partial charge >= 0.3 is 0 Å². The molecule has 1 saturated carbocycles. The Labute approximate surface area is 84.4 Å². The molecule has 1 aliphatic carbocycles. The first-order valence-electron chi connectivity index (χ1n) is 4.97. The minimum Gasteiger partial charge on any atom is -0.357 e. The largest absolute Gasteiger partial charge is 0.357 e. The molecule has 0 aliphatic heterocycles. The van der Waals surface area contributed by atoms with Gasteiger partial charge in [0.15, 0.2) is 0 Å². The number of rotatable bonds is 3. The SMILES string of the molecule is CNc1nc(C)cc(N(C)C2CC2)n1. The molecular formula is C10H16N4. The lowest BCUT2D eigenvalue weighted by Crippen LogP contribution is -2.21. The Morgan fingerprint density at radius 3 is 2.71 bits per heavy atom. The highest BCUT2D eigenvalue weighted by molar-refractivity contribution is 5.45. The van der Waals surface area contributed by atoms with Gasteiger partial charge in [-0.25, -0.2) is 4.98 Å². The Bertz CT molecular complexity index is 333. The molecule has 0 atom stereocenters. The molecule has 1 aromatic rings. The van der Waals surface area contributed by atoms with Crippen LogP contribution in [0.15, 0.2) is 6.07 Å². The van der Waals surface area contributed by atoms with Crippen molar-refractivity contribution in [1.82, 2.24) is 9.97 Å². The van der Waals surface area contributed by atoms with E-state index in [-0.39, 0.29) is 0 Å². The smallest absolute Gasteiger partial charge is 0.224 e. The molecule has 0 radical (unpaired) electrons. The fourth-order valence-corrected chi connectivity index (χ4v) is 1.49. The van der Waals surface area contributed by atoms with Crippen LogP contribution in [0, 0.1) is 6.92 Å². The van der Waals surface area contributed by atoms with E-state index in [1.807, 2.05) is 20.0 Å². The predicted molar refractivity (Wildman–Crippen MR) is 57.7 cm³/mol. The Morgan fingerprint density at radius 2 is 2.14 bits per heavy atom. The van der Waals surface area contributed by atoms with E-state index in [1.165, 1.54) is 12.8 Å². The predicted octanol–water partition coefficient (Wildman–Crippen LogP) is 1.43. The summed E-state index contributed by atoms with van der Waals surface area (Å²) in [4.78, 5) is 10.9. The lowest BCUT2D eigenvalue weighted by molar-refractivity contribution is 0.882. The van der Waals surface area contributed by atoms with Crippen molar-refractivity contribution in [3.63, 3.8) is 0 Å². The number of aryl methyl sites for hydroxylation is 1. The van der Waals surface area contributed by atoms with Gasteiger partial charge in [0, 0.05) is 31.9 Å². The summed E-state index contributed by atoms with van der Waals surface area (Å²) in [7, 11) is 3.94. The second-order valence-corrected chi connectivity index (χ2v) is 3.78. The van der Waals surface area contributed by atoms with Crippen LogP contribution in [-0.4, -0.2) is 30.1 Å². The average molecular weight is 192 g/mol. The zero-order chi connectivity index (χ0) is 10.1. The van der Waals surface area contributed by atoms with Gasteiger partial charge in [-0.15, -0.1) is 0 Å². The summed E-state index contributed by atoms with van der Waals surface area (Å²) in [5.41, 5.74) is 1.01. The molecule has 4 nitrogen and oxygen atoms in total. The zero-order valence-electron chi connectivity index (χ0n) is 8.91. The first-order valence-corrected chi connectivity index (χ1v) is 4.97. The third kappa shape index (κ3) is 1.78. The second kappa shape index (κ2) is 3.44. The van der Waals surface area contributed by atoms with E-state index >= 15 is 0 Å². The van der Waals surface area contributed by atoms with Crippen molar-refractivity contribution in [3.8, 4) is 0 Å². The van der Waals surface area contributed by atoms with E-state index in [0.717, 1.165) is 11.5 Å². The van der Waals surface area contributed by atoms with Crippen LogP contribution in [0.2, 0.25) is 0 Å². The van der Waals surface area contributed by atoms with Crippen LogP contribution in [-0.2, 0) is 0 Å². The minimum atomic E-state index is 0.689. The fourth-order valence-electron chi connectivity index (χ4n) is 1.49. The second-order valence-electron chi connectivity index (χ2n) is 3.78. The summed E-state index contributed by atoms with van der Waals surface area (Å²) in [6.45, 7) is 1.99. The maximum absolute atomic E-state index is 4.42. The van der Waals surface area contributed by atoms with Gasteiger partial charge in [0.25, 0.3) is 0 Å². The van der Waals surface area contributed by atoms with E-state index in [4.69, 9.17) is 0 Å². The molecule has 1 heterocycles. The van der Waals surface area contributed by atoms with Gasteiger partial charge in [0.2, 0.25) is 5.95 Å². The van der Waals surface area contributed by atoms with Crippen molar-refractivity contribution in [2.24, 2.45) is 0 Å². The van der Waals surface area contributed by atoms with Crippen molar-refractivity contribution in [2.75, 3.05) is 24.3 Å². The standard InChI is InChI=1S/C10H16N4/c1-7-6-9(13-10(11-2)12-7)14(3)8-4-5-8/h6,8H,4-5H2,1-3H3,(H,11,12,13). The van der Waals surface area contributed by atoms with Crippen LogP contribution in [0.25, 0.3) is 0 Å². The molecule has 1 aliphatic rings. The topological polar surface area (TPSA) is 41.1 Å². The lowest BCUT2D eigenvalue weighted by Gasteiger charge is -2.18. The summed E-state index contributed by atoms with van der Waals surface area (Å²) in [6, 6.07) is 2.72. The molecule has 1 aromatic heterocycles. The molecular weight excluding hydrogens is 176 g/mol. The normalized spacial score (nSPS) is 15.4. The lowest BCUT2D eigenvalue weighted by atomic mass is 10.4. The van der Waals surface area contributed by atoms with Gasteiger partial charge < -0.3 is 10.2 Å². The maximum Gasteiger partial charge on any atom is 0.224 e. The molecule has 76 valence electrons. The van der Waals surface area contributed by atoms with E-state index in [1.54, 1.807) is 0 Å². The maximum atomic E-state index is 4.42. The minimum absolute atomic E-state index is 0.689. The Balaban J connectivity index is 2.27. The van der Waals surface area contributed by atoms with E-state index < -0.39 is 0 Å². The third-order valence-corrected chi connectivity index (χ3v) is 2.52. The molecule has 14 heavy (non-hydrogen) atoms. The molecule has 4 heteroatoms. The Hall–Kier alpha value is -1.32. The van der Waals surface area contributed by atoms with Crippen molar-refractivity contribution >= 4 is 11.8 Å². The number of aromatic nitrogens is 2. The van der Waals surface area contributed by atoms with Gasteiger partial charge in [-0.05, 0) is 19.8 Å². The van der Waals surface area contributed by atoms with Crippen LogP contribution < -0.4 is 10.2 Å². The van der Waals surface area contributed by atoms with E-state index in [0.29, 0.717) is 12.0 Å². The molecule has 0 aromatic carbocycles. The van der Waals surface area contributed by atoms with Crippen molar-refractivity contribution in [3.05, 3.63) is 11.8 Å². The van der Waals surface area contributed by atoms with Crippen LogP contribution in [0.4, 0.5) is 11.8 Å². The van der Waals surface area contributed by atoms with Gasteiger partial charge in [-0.2, -0.15) is 4.98 Å². The monoisotopic (exact) mass is 192 g/mol. The summed E-state index contributed by atoms with van der Waals surface area (Å²) >= 11 is 0. The number of nitrogens with zero attached hydrogens (tertiary/aromatic N) is 3. The van der Waals surface area contributed by atoms with Crippen LogP contribution in [0.5, 0.6) is 0 Å². The number of anilines is 2. The third-order valence-electron chi connectivity index (χ3n) is 2.52. The van der Waals surface area contributed by atoms with Gasteiger partial charge in [0.1, 0.15) is 5.82 Å². The zero-order valence-corrected chi connectivity index (χ0v) is 8.91. The molecule has 0 bridgehead atoms. The first kappa shape index (κ1) is 9.24. The van der Waals surface area contributed by atoms with Crippen LogP contribution in [0.3, 0.4) is 0 Å². The van der Waals surface area contributed by atoms with Crippen molar-refractivity contribution in [1.29, 1.82) is 0 Å². The highest BCUT2D eigenvalue weighted by Crippen LogP contribution is 2.29. The molecule has 1 fully saturated rings. The van der Waals surface area contributed by atoms with E-state index in [2.05, 4.69) is 27.2 Å². The van der Waals surface area contributed by atoms with Crippen molar-refractivity contribution < 1.29 is 0 Å². The molecule has 2 rings (SSSR count). The number of hydrogen-bond donors (Lipinski definition) is 1. The summed E-state index contributed by atoms with van der Waals surface area (Å²) in [6.07, 6.45) is 2.57. The molecule has 0 saturated heterocycles. The Kier molecular flexibility index (Phi) is 2.27. The fraction of sp³-hybridized carbons (Fsp3) is 0.600. The highest BCUT2D eigenvalue weighted by atomic mass is 15.2. The number of nitrogens with one attached hydrogen (secondary N) is 1. The van der Waals surface area contributed by atoms with Crippen molar-refractivity contribution in [2.45, 2.75) is 25.8 Å². The summed E-state index contributed by atoms with van der Waals surface area (Å²) in [5.74, 6) is 1.72. The first-order chi connectivity index (χ1) is 6.70. The van der Waals surface area contributed by atoms with Crippen LogP contribution >= 0.6 is 0 Å². The van der Waals surface area contributed by atoms with E-state index in [9.17, 15) is 0 Å². The average Bonchev–Trinajstić information content (AvgIpc) is 2.99. The molecule has 1 N–H and O–H groups in total. The quantitative estimate of drug-likeness (QED) is 0.786. The molecule has 0 spiro atoms. The summed E-state index contributed by atoms with van der Waals surface area (Å²) < 4.78 is 0. The van der Waals surface area contributed by atoms with Gasteiger partial charge in [-0.3, -0.25) is 0 Å². The van der Waals surface area contributed by atoms with Gasteiger partial charge in [-0.1, -0.05) is 0 Å². The summed E-state index contributed by atoms with van der Waals surface area (Å²) in [5, 5.41) is 2.97. The molecule has 0 amide bonds. The van der Waals surface area contributed by atoms with Gasteiger partial charge in [0.05, 0.1) is 0 Å². The van der Waals surface area contributed by atoms with Crippen LogP contribution in [0.1, 0.15) is 18.5 Å². The molecule has 0 unspecified atom stereocenters. The highest BCUT2D eigenvalue weighted by Gasteiger charge is 2.27.